The van der Waals surface area contributed by atoms with Crippen LogP contribution in [0.1, 0.15) is 37.2 Å². The van der Waals surface area contributed by atoms with Crippen molar-refractivity contribution in [3.63, 3.8) is 0 Å². The van der Waals surface area contributed by atoms with Crippen LogP contribution in [-0.2, 0) is 0 Å². The van der Waals surface area contributed by atoms with Gasteiger partial charge in [-0.15, -0.1) is 0 Å². The number of guanidine groups is 1. The summed E-state index contributed by atoms with van der Waals surface area (Å²) in [7, 11) is 1.81. The number of nitrogens with zero attached hydrogens (tertiary/aromatic N) is 1. The second-order valence-electron chi connectivity index (χ2n) is 5.55. The third-order valence-corrected chi connectivity index (χ3v) is 3.96. The molecule has 1 aromatic carbocycles. The number of hydrogen-bond donors (Lipinski definition) is 2. The Morgan fingerprint density at radius 2 is 1.74 bits per heavy atom. The number of halogens is 1. The summed E-state index contributed by atoms with van der Waals surface area (Å²) in [5.41, 5.74) is 1.24. The standard InChI is InChI=1S/C15H20FN3/c1-17-15(18-13-6-7-13)19-14-8-11(9-14)10-2-4-12(16)5-3-10/h2-5,11,13-14H,6-9H2,1H3,(H2,17,18,19). The zero-order valence-electron chi connectivity index (χ0n) is 11.2. The van der Waals surface area contributed by atoms with Gasteiger partial charge < -0.3 is 10.6 Å². The average molecular weight is 261 g/mol. The van der Waals surface area contributed by atoms with E-state index in [0.29, 0.717) is 18.0 Å². The van der Waals surface area contributed by atoms with E-state index in [0.717, 1.165) is 18.8 Å². The van der Waals surface area contributed by atoms with E-state index in [1.165, 1.54) is 18.4 Å². The Hall–Kier alpha value is -1.58. The Morgan fingerprint density at radius 3 is 2.32 bits per heavy atom. The van der Waals surface area contributed by atoms with Crippen molar-refractivity contribution in [3.8, 4) is 0 Å². The molecule has 19 heavy (non-hydrogen) atoms. The molecule has 3 rings (SSSR count). The van der Waals surface area contributed by atoms with Crippen LogP contribution in [0.2, 0.25) is 0 Å². The lowest BCUT2D eigenvalue weighted by molar-refractivity contribution is 0.321. The Bertz CT molecular complexity index is 459. The first-order valence-electron chi connectivity index (χ1n) is 7.00. The third-order valence-electron chi connectivity index (χ3n) is 3.96. The fourth-order valence-corrected chi connectivity index (χ4v) is 2.53. The molecule has 3 nitrogen and oxygen atoms in total. The van der Waals surface area contributed by atoms with Gasteiger partial charge in [0.2, 0.25) is 0 Å². The minimum Gasteiger partial charge on any atom is -0.354 e. The first-order valence-corrected chi connectivity index (χ1v) is 7.00. The van der Waals surface area contributed by atoms with Crippen LogP contribution in [0, 0.1) is 5.82 Å². The van der Waals surface area contributed by atoms with Crippen molar-refractivity contribution < 1.29 is 4.39 Å². The highest BCUT2D eigenvalue weighted by atomic mass is 19.1. The molecule has 0 spiro atoms. The molecule has 2 aliphatic carbocycles. The molecule has 0 radical (unpaired) electrons. The number of rotatable bonds is 3. The van der Waals surface area contributed by atoms with E-state index >= 15 is 0 Å². The molecule has 0 unspecified atom stereocenters. The van der Waals surface area contributed by atoms with E-state index in [2.05, 4.69) is 15.6 Å². The fraction of sp³-hybridized carbons (Fsp3) is 0.533. The smallest absolute Gasteiger partial charge is 0.191 e. The number of nitrogens with one attached hydrogen (secondary N) is 2. The Morgan fingerprint density at radius 1 is 1.11 bits per heavy atom. The number of benzene rings is 1. The zero-order chi connectivity index (χ0) is 13.2. The van der Waals surface area contributed by atoms with Crippen molar-refractivity contribution >= 4 is 5.96 Å². The van der Waals surface area contributed by atoms with Gasteiger partial charge in [0.15, 0.2) is 5.96 Å². The van der Waals surface area contributed by atoms with E-state index in [1.807, 2.05) is 19.2 Å². The number of aliphatic imine (C=N–C) groups is 1. The maximum absolute atomic E-state index is 12.9. The van der Waals surface area contributed by atoms with Gasteiger partial charge in [0.1, 0.15) is 5.82 Å². The van der Waals surface area contributed by atoms with E-state index in [9.17, 15) is 4.39 Å². The Balaban J connectivity index is 1.48. The second-order valence-corrected chi connectivity index (χ2v) is 5.55. The summed E-state index contributed by atoms with van der Waals surface area (Å²) in [4.78, 5) is 4.24. The lowest BCUT2D eigenvalue weighted by Crippen LogP contribution is -2.49. The van der Waals surface area contributed by atoms with Crippen LogP contribution >= 0.6 is 0 Å². The van der Waals surface area contributed by atoms with E-state index in [-0.39, 0.29) is 5.82 Å². The van der Waals surface area contributed by atoms with E-state index in [1.54, 1.807) is 12.1 Å². The topological polar surface area (TPSA) is 36.4 Å². The van der Waals surface area contributed by atoms with Crippen molar-refractivity contribution in [2.45, 2.75) is 43.7 Å². The van der Waals surface area contributed by atoms with Crippen molar-refractivity contribution in [1.82, 2.24) is 10.6 Å². The summed E-state index contributed by atoms with van der Waals surface area (Å²) in [5.74, 6) is 1.31. The van der Waals surface area contributed by atoms with Crippen LogP contribution in [0.25, 0.3) is 0 Å². The van der Waals surface area contributed by atoms with Gasteiger partial charge in [-0.25, -0.2) is 4.39 Å². The Labute approximate surface area is 113 Å². The summed E-state index contributed by atoms with van der Waals surface area (Å²) in [5, 5.41) is 6.84. The molecule has 0 bridgehead atoms. The summed E-state index contributed by atoms with van der Waals surface area (Å²) >= 11 is 0. The quantitative estimate of drug-likeness (QED) is 0.647. The highest BCUT2D eigenvalue weighted by Gasteiger charge is 2.31. The molecule has 102 valence electrons. The minimum atomic E-state index is -0.160. The molecule has 0 amide bonds. The maximum atomic E-state index is 12.9. The van der Waals surface area contributed by atoms with Crippen LogP contribution in [-0.4, -0.2) is 25.1 Å². The molecule has 2 fully saturated rings. The fourth-order valence-electron chi connectivity index (χ4n) is 2.53. The van der Waals surface area contributed by atoms with Crippen LogP contribution in [0.3, 0.4) is 0 Å². The molecule has 2 saturated carbocycles. The first kappa shape index (κ1) is 12.5. The molecule has 0 aromatic heterocycles. The monoisotopic (exact) mass is 261 g/mol. The molecule has 2 aliphatic rings. The normalized spacial score (nSPS) is 26.7. The molecule has 4 heteroatoms. The molecular formula is C15H20FN3. The lowest BCUT2D eigenvalue weighted by atomic mass is 9.76. The zero-order valence-corrected chi connectivity index (χ0v) is 11.2. The molecule has 0 saturated heterocycles. The van der Waals surface area contributed by atoms with Crippen LogP contribution in [0.15, 0.2) is 29.3 Å². The van der Waals surface area contributed by atoms with Crippen molar-refractivity contribution in [1.29, 1.82) is 0 Å². The van der Waals surface area contributed by atoms with Gasteiger partial charge in [0.25, 0.3) is 0 Å². The van der Waals surface area contributed by atoms with Crippen LogP contribution in [0.4, 0.5) is 4.39 Å². The van der Waals surface area contributed by atoms with Gasteiger partial charge in [-0.05, 0) is 49.3 Å². The predicted molar refractivity (Wildman–Crippen MR) is 74.8 cm³/mol. The summed E-state index contributed by atoms with van der Waals surface area (Å²) in [6.07, 6.45) is 4.70. The summed E-state index contributed by atoms with van der Waals surface area (Å²) < 4.78 is 12.9. The maximum Gasteiger partial charge on any atom is 0.191 e. The summed E-state index contributed by atoms with van der Waals surface area (Å²) in [6.45, 7) is 0. The van der Waals surface area contributed by atoms with Crippen LogP contribution in [0.5, 0.6) is 0 Å². The SMILES string of the molecule is CN=C(NC1CC1)NC1CC(c2ccc(F)cc2)C1. The van der Waals surface area contributed by atoms with Gasteiger partial charge >= 0.3 is 0 Å². The molecule has 0 heterocycles. The van der Waals surface area contributed by atoms with Crippen molar-refractivity contribution in [3.05, 3.63) is 35.6 Å². The highest BCUT2D eigenvalue weighted by Crippen LogP contribution is 2.36. The highest BCUT2D eigenvalue weighted by molar-refractivity contribution is 5.80. The molecular weight excluding hydrogens is 241 g/mol. The Kier molecular flexibility index (Phi) is 3.40. The molecule has 0 aliphatic heterocycles. The van der Waals surface area contributed by atoms with Gasteiger partial charge in [0, 0.05) is 19.1 Å². The molecule has 2 N–H and O–H groups in total. The predicted octanol–water partition coefficient (Wildman–Crippen LogP) is 2.40. The molecule has 1 aromatic rings. The van der Waals surface area contributed by atoms with Crippen molar-refractivity contribution in [2.24, 2.45) is 4.99 Å². The number of hydrogen-bond acceptors (Lipinski definition) is 1. The first-order chi connectivity index (χ1) is 9.24. The lowest BCUT2D eigenvalue weighted by Gasteiger charge is -2.37. The third kappa shape index (κ3) is 3.06. The van der Waals surface area contributed by atoms with Gasteiger partial charge in [-0.3, -0.25) is 4.99 Å². The van der Waals surface area contributed by atoms with E-state index in [4.69, 9.17) is 0 Å². The van der Waals surface area contributed by atoms with Crippen LogP contribution < -0.4 is 10.6 Å². The van der Waals surface area contributed by atoms with Gasteiger partial charge in [0.05, 0.1) is 0 Å². The largest absolute Gasteiger partial charge is 0.354 e. The molecule has 0 atom stereocenters. The minimum absolute atomic E-state index is 0.160. The summed E-state index contributed by atoms with van der Waals surface area (Å²) in [6, 6.07) is 7.99. The van der Waals surface area contributed by atoms with Gasteiger partial charge in [-0.2, -0.15) is 0 Å². The second kappa shape index (κ2) is 5.19. The van der Waals surface area contributed by atoms with E-state index < -0.39 is 0 Å². The average Bonchev–Trinajstić information content (AvgIpc) is 3.17. The van der Waals surface area contributed by atoms with Gasteiger partial charge in [-0.1, -0.05) is 12.1 Å². The van der Waals surface area contributed by atoms with Crippen molar-refractivity contribution in [2.75, 3.05) is 7.05 Å².